The van der Waals surface area contributed by atoms with E-state index in [0.717, 1.165) is 23.3 Å². The highest BCUT2D eigenvalue weighted by atomic mass is 16.5. The zero-order valence-electron chi connectivity index (χ0n) is 17.4. The first kappa shape index (κ1) is 20.9. The molecule has 0 bridgehead atoms. The number of ether oxygens (including phenoxy) is 1. The van der Waals surface area contributed by atoms with Crippen molar-refractivity contribution in [3.63, 3.8) is 0 Å². The van der Waals surface area contributed by atoms with Crippen molar-refractivity contribution in [3.8, 4) is 5.75 Å². The SMILES string of the molecule is Cc1ccc(C(=O)N2CCCN(C(=O)CCCOc3ccccc3C)CC2)cc1. The third kappa shape index (κ3) is 5.83. The molecule has 1 fully saturated rings. The van der Waals surface area contributed by atoms with E-state index < -0.39 is 0 Å². The summed E-state index contributed by atoms with van der Waals surface area (Å²) < 4.78 is 5.78. The second kappa shape index (κ2) is 10.1. The molecular formula is C24H30N2O3. The molecule has 29 heavy (non-hydrogen) atoms. The Kier molecular flexibility index (Phi) is 7.28. The van der Waals surface area contributed by atoms with E-state index in [4.69, 9.17) is 4.74 Å². The summed E-state index contributed by atoms with van der Waals surface area (Å²) in [6.45, 7) is 7.12. The van der Waals surface area contributed by atoms with Crippen LogP contribution in [-0.2, 0) is 4.79 Å². The van der Waals surface area contributed by atoms with Gasteiger partial charge in [-0.3, -0.25) is 9.59 Å². The van der Waals surface area contributed by atoms with Gasteiger partial charge in [-0.05, 0) is 50.5 Å². The molecular weight excluding hydrogens is 364 g/mol. The van der Waals surface area contributed by atoms with Gasteiger partial charge in [0.2, 0.25) is 5.91 Å². The summed E-state index contributed by atoms with van der Waals surface area (Å²) in [5.41, 5.74) is 2.95. The van der Waals surface area contributed by atoms with E-state index in [-0.39, 0.29) is 11.8 Å². The van der Waals surface area contributed by atoms with Gasteiger partial charge in [-0.15, -0.1) is 0 Å². The predicted octanol–water partition coefficient (Wildman–Crippen LogP) is 3.84. The Morgan fingerprint density at radius 2 is 1.59 bits per heavy atom. The van der Waals surface area contributed by atoms with Gasteiger partial charge in [0.25, 0.3) is 5.91 Å². The minimum absolute atomic E-state index is 0.0472. The third-order valence-electron chi connectivity index (χ3n) is 5.32. The van der Waals surface area contributed by atoms with Crippen molar-refractivity contribution in [2.75, 3.05) is 32.8 Å². The van der Waals surface area contributed by atoms with Crippen LogP contribution in [0.15, 0.2) is 48.5 Å². The Morgan fingerprint density at radius 1 is 0.897 bits per heavy atom. The van der Waals surface area contributed by atoms with E-state index in [1.165, 1.54) is 0 Å². The average molecular weight is 395 g/mol. The van der Waals surface area contributed by atoms with Gasteiger partial charge in [-0.25, -0.2) is 0 Å². The van der Waals surface area contributed by atoms with Crippen LogP contribution in [0.25, 0.3) is 0 Å². The monoisotopic (exact) mass is 394 g/mol. The van der Waals surface area contributed by atoms with Crippen molar-refractivity contribution in [1.29, 1.82) is 0 Å². The molecule has 5 nitrogen and oxygen atoms in total. The molecule has 0 spiro atoms. The first-order valence-electron chi connectivity index (χ1n) is 10.4. The molecule has 0 aliphatic carbocycles. The van der Waals surface area contributed by atoms with Gasteiger partial charge < -0.3 is 14.5 Å². The van der Waals surface area contributed by atoms with Gasteiger partial charge in [0.1, 0.15) is 5.75 Å². The number of nitrogens with zero attached hydrogens (tertiary/aromatic N) is 2. The minimum Gasteiger partial charge on any atom is -0.493 e. The number of hydrogen-bond acceptors (Lipinski definition) is 3. The number of benzene rings is 2. The fourth-order valence-electron chi connectivity index (χ4n) is 3.53. The molecule has 1 heterocycles. The van der Waals surface area contributed by atoms with Gasteiger partial charge >= 0.3 is 0 Å². The lowest BCUT2D eigenvalue weighted by atomic mass is 10.1. The molecule has 1 aliphatic heterocycles. The summed E-state index contributed by atoms with van der Waals surface area (Å²) in [5.74, 6) is 1.06. The summed E-state index contributed by atoms with van der Waals surface area (Å²) in [6.07, 6.45) is 1.97. The fraction of sp³-hybridized carbons (Fsp3) is 0.417. The number of carbonyl (C=O) groups excluding carboxylic acids is 2. The van der Waals surface area contributed by atoms with Crippen LogP contribution in [0.4, 0.5) is 0 Å². The normalized spacial score (nSPS) is 14.4. The van der Waals surface area contributed by atoms with E-state index in [2.05, 4.69) is 0 Å². The molecule has 2 aromatic carbocycles. The van der Waals surface area contributed by atoms with Crippen molar-refractivity contribution in [1.82, 2.24) is 9.80 Å². The Labute approximate surface area is 173 Å². The zero-order valence-corrected chi connectivity index (χ0v) is 17.4. The van der Waals surface area contributed by atoms with Crippen molar-refractivity contribution in [2.24, 2.45) is 0 Å². The Morgan fingerprint density at radius 3 is 2.34 bits per heavy atom. The maximum atomic E-state index is 12.7. The zero-order chi connectivity index (χ0) is 20.6. The molecule has 0 radical (unpaired) electrons. The predicted molar refractivity (Wildman–Crippen MR) is 114 cm³/mol. The molecule has 0 atom stereocenters. The Hall–Kier alpha value is -2.82. The molecule has 1 saturated heterocycles. The van der Waals surface area contributed by atoms with Crippen LogP contribution >= 0.6 is 0 Å². The average Bonchev–Trinajstić information content (AvgIpc) is 2.99. The highest BCUT2D eigenvalue weighted by Crippen LogP contribution is 2.17. The molecule has 154 valence electrons. The molecule has 2 aromatic rings. The van der Waals surface area contributed by atoms with Gasteiger partial charge in [-0.1, -0.05) is 35.9 Å². The van der Waals surface area contributed by atoms with E-state index in [1.807, 2.05) is 72.2 Å². The van der Waals surface area contributed by atoms with Crippen LogP contribution in [0.1, 0.15) is 40.7 Å². The maximum Gasteiger partial charge on any atom is 0.253 e. The standard InChI is InChI=1S/C24H30N2O3/c1-19-10-12-21(13-11-19)24(28)26-15-6-14-25(16-17-26)23(27)9-5-18-29-22-8-4-3-7-20(22)2/h3-4,7-8,10-13H,5-6,9,14-18H2,1-2H3. The van der Waals surface area contributed by atoms with Gasteiger partial charge in [0.05, 0.1) is 6.61 Å². The first-order valence-corrected chi connectivity index (χ1v) is 10.4. The van der Waals surface area contributed by atoms with Crippen LogP contribution in [0, 0.1) is 13.8 Å². The van der Waals surface area contributed by atoms with E-state index in [1.54, 1.807) is 0 Å². The lowest BCUT2D eigenvalue weighted by Gasteiger charge is -2.22. The molecule has 5 heteroatoms. The molecule has 3 rings (SSSR count). The molecule has 0 aromatic heterocycles. The molecule has 2 amide bonds. The van der Waals surface area contributed by atoms with Crippen LogP contribution in [0.5, 0.6) is 5.75 Å². The summed E-state index contributed by atoms with van der Waals surface area (Å²) in [6, 6.07) is 15.6. The van der Waals surface area contributed by atoms with Gasteiger partial charge in [-0.2, -0.15) is 0 Å². The van der Waals surface area contributed by atoms with Crippen LogP contribution < -0.4 is 4.74 Å². The van der Waals surface area contributed by atoms with Crippen molar-refractivity contribution >= 4 is 11.8 Å². The number of rotatable bonds is 6. The molecule has 0 N–H and O–H groups in total. The fourth-order valence-corrected chi connectivity index (χ4v) is 3.53. The van der Waals surface area contributed by atoms with E-state index >= 15 is 0 Å². The number of aryl methyl sites for hydroxylation is 2. The summed E-state index contributed by atoms with van der Waals surface area (Å²) in [7, 11) is 0. The third-order valence-corrected chi connectivity index (χ3v) is 5.32. The quantitative estimate of drug-likeness (QED) is 0.700. The number of para-hydroxylation sites is 1. The lowest BCUT2D eigenvalue weighted by Crippen LogP contribution is -2.37. The van der Waals surface area contributed by atoms with Crippen LogP contribution in [0.3, 0.4) is 0 Å². The summed E-state index contributed by atoms with van der Waals surface area (Å²) >= 11 is 0. The number of hydrogen-bond donors (Lipinski definition) is 0. The lowest BCUT2D eigenvalue weighted by molar-refractivity contribution is -0.131. The molecule has 1 aliphatic rings. The largest absolute Gasteiger partial charge is 0.493 e. The Bertz CT molecular complexity index is 832. The first-order chi connectivity index (χ1) is 14.0. The smallest absolute Gasteiger partial charge is 0.253 e. The molecule has 0 unspecified atom stereocenters. The maximum absolute atomic E-state index is 12.7. The second-order valence-corrected chi connectivity index (χ2v) is 7.61. The molecule has 0 saturated carbocycles. The van der Waals surface area contributed by atoms with Gasteiger partial charge in [0.15, 0.2) is 0 Å². The minimum atomic E-state index is 0.0472. The van der Waals surface area contributed by atoms with Crippen molar-refractivity contribution in [3.05, 3.63) is 65.2 Å². The Balaban J connectivity index is 1.43. The van der Waals surface area contributed by atoms with Crippen molar-refractivity contribution in [2.45, 2.75) is 33.1 Å². The second-order valence-electron chi connectivity index (χ2n) is 7.61. The topological polar surface area (TPSA) is 49.9 Å². The summed E-state index contributed by atoms with van der Waals surface area (Å²) in [5, 5.41) is 0. The van der Waals surface area contributed by atoms with Gasteiger partial charge in [0, 0.05) is 38.2 Å². The number of carbonyl (C=O) groups is 2. The number of amides is 2. The van der Waals surface area contributed by atoms with E-state index in [0.29, 0.717) is 51.2 Å². The summed E-state index contributed by atoms with van der Waals surface area (Å²) in [4.78, 5) is 29.0. The van der Waals surface area contributed by atoms with Crippen LogP contribution in [0.2, 0.25) is 0 Å². The highest BCUT2D eigenvalue weighted by Gasteiger charge is 2.22. The van der Waals surface area contributed by atoms with Crippen molar-refractivity contribution < 1.29 is 14.3 Å². The highest BCUT2D eigenvalue weighted by molar-refractivity contribution is 5.94. The van der Waals surface area contributed by atoms with E-state index in [9.17, 15) is 9.59 Å². The van der Waals surface area contributed by atoms with Crippen LogP contribution in [-0.4, -0.2) is 54.4 Å².